The van der Waals surface area contributed by atoms with E-state index in [1.807, 2.05) is 13.8 Å². The summed E-state index contributed by atoms with van der Waals surface area (Å²) in [6.07, 6.45) is -0.177. The molecule has 1 N–H and O–H groups in total. The highest BCUT2D eigenvalue weighted by Gasteiger charge is 2.46. The Morgan fingerprint density at radius 2 is 1.85 bits per heavy atom. The zero-order valence-corrected chi connectivity index (χ0v) is 11.2. The lowest BCUT2D eigenvalue weighted by Gasteiger charge is -2.10. The summed E-state index contributed by atoms with van der Waals surface area (Å²) in [5, 5.41) is 2.29. The van der Waals surface area contributed by atoms with Crippen LogP contribution in [0.3, 0.4) is 0 Å². The van der Waals surface area contributed by atoms with Crippen molar-refractivity contribution < 1.29 is 18.3 Å². The summed E-state index contributed by atoms with van der Waals surface area (Å²) >= 11 is 0. The molecule has 0 heterocycles. The van der Waals surface area contributed by atoms with Crippen molar-refractivity contribution >= 4 is 11.9 Å². The highest BCUT2D eigenvalue weighted by molar-refractivity contribution is 6.04. The number of nitrogens with zero attached hydrogens (tertiary/aromatic N) is 1. The molecule has 0 bridgehead atoms. The molecule has 20 heavy (non-hydrogen) atoms. The lowest BCUT2D eigenvalue weighted by Crippen LogP contribution is -2.34. The van der Waals surface area contributed by atoms with Crippen LogP contribution in [0.4, 0.5) is 8.78 Å². The van der Waals surface area contributed by atoms with Crippen molar-refractivity contribution in [2.24, 2.45) is 16.8 Å². The minimum atomic E-state index is -2.93. The molecule has 1 fully saturated rings. The summed E-state index contributed by atoms with van der Waals surface area (Å²) in [5.41, 5.74) is 0.356. The summed E-state index contributed by atoms with van der Waals surface area (Å²) in [4.78, 5) is 14.9. The molecule has 2 unspecified atom stereocenters. The monoisotopic (exact) mass is 282 g/mol. The predicted octanol–water partition coefficient (Wildman–Crippen LogP) is 2.67. The van der Waals surface area contributed by atoms with Gasteiger partial charge < -0.3 is 4.74 Å². The summed E-state index contributed by atoms with van der Waals surface area (Å²) in [5.74, 6) is 0.0176. The van der Waals surface area contributed by atoms with Crippen LogP contribution in [0.1, 0.15) is 24.2 Å². The first-order chi connectivity index (χ1) is 9.49. The van der Waals surface area contributed by atoms with Crippen LogP contribution in [-0.4, -0.2) is 24.6 Å². The Labute approximate surface area is 115 Å². The van der Waals surface area contributed by atoms with Gasteiger partial charge in [-0.15, -0.1) is 0 Å². The number of benzene rings is 1. The Balaban J connectivity index is 2.03. The molecule has 3 atom stereocenters. The van der Waals surface area contributed by atoms with Crippen molar-refractivity contribution in [2.45, 2.75) is 26.5 Å². The van der Waals surface area contributed by atoms with Gasteiger partial charge in [0.15, 0.2) is 0 Å². The molecule has 0 spiro atoms. The van der Waals surface area contributed by atoms with Crippen molar-refractivity contribution in [2.75, 3.05) is 0 Å². The third kappa shape index (κ3) is 3.53. The molecule has 1 aliphatic rings. The first kappa shape index (κ1) is 14.4. The molecule has 1 amide bonds. The average molecular weight is 282 g/mol. The number of nitrogens with one attached hydrogen (secondary N) is 1. The molecule has 0 radical (unpaired) electrons. The Morgan fingerprint density at radius 1 is 1.25 bits per heavy atom. The summed E-state index contributed by atoms with van der Waals surface area (Å²) < 4.78 is 30.1. The average Bonchev–Trinajstić information content (AvgIpc) is 2.97. The SMILES string of the molecule is CC1C(O/C(=N\C(F)F)NC(=O)c2ccccc2)[C@H]1C. The number of ether oxygens (including phenoxy) is 1. The Bertz CT molecular complexity index is 497. The second kappa shape index (κ2) is 5.98. The van der Waals surface area contributed by atoms with Gasteiger partial charge in [0.1, 0.15) is 6.10 Å². The van der Waals surface area contributed by atoms with Gasteiger partial charge in [-0.25, -0.2) is 0 Å². The zero-order chi connectivity index (χ0) is 14.7. The van der Waals surface area contributed by atoms with Crippen molar-refractivity contribution in [3.63, 3.8) is 0 Å². The summed E-state index contributed by atoms with van der Waals surface area (Å²) in [6.45, 7) is 0.980. The fourth-order valence-corrected chi connectivity index (χ4v) is 1.90. The second-order valence-corrected chi connectivity index (χ2v) is 4.83. The maximum Gasteiger partial charge on any atom is 0.336 e. The van der Waals surface area contributed by atoms with Crippen LogP contribution >= 0.6 is 0 Å². The van der Waals surface area contributed by atoms with Crippen molar-refractivity contribution in [3.05, 3.63) is 35.9 Å². The molecule has 0 aliphatic heterocycles. The summed E-state index contributed by atoms with van der Waals surface area (Å²) in [7, 11) is 0. The molecule has 1 aromatic carbocycles. The number of alkyl halides is 2. The first-order valence-electron chi connectivity index (χ1n) is 6.38. The van der Waals surface area contributed by atoms with E-state index in [0.29, 0.717) is 5.56 Å². The van der Waals surface area contributed by atoms with Crippen LogP contribution in [0.2, 0.25) is 0 Å². The zero-order valence-electron chi connectivity index (χ0n) is 11.2. The second-order valence-electron chi connectivity index (χ2n) is 4.83. The smallest absolute Gasteiger partial charge is 0.336 e. The van der Waals surface area contributed by atoms with E-state index in [0.717, 1.165) is 0 Å². The largest absolute Gasteiger partial charge is 0.461 e. The van der Waals surface area contributed by atoms with Gasteiger partial charge in [-0.05, 0) is 24.0 Å². The minimum Gasteiger partial charge on any atom is -0.461 e. The normalized spacial score (nSPS) is 25.4. The van der Waals surface area contributed by atoms with Crippen LogP contribution in [0.25, 0.3) is 0 Å². The number of amides is 1. The van der Waals surface area contributed by atoms with Crippen LogP contribution < -0.4 is 5.32 Å². The standard InChI is InChI=1S/C14H16F2N2O2/c1-8-9(2)11(8)20-14(18-13(15)16)17-12(19)10-6-4-3-5-7-10/h3-9,11,13H,1-2H3,(H,17,18,19)/t8-,9?,11?/m0/s1. The van der Waals surface area contributed by atoms with E-state index in [4.69, 9.17) is 4.74 Å². The van der Waals surface area contributed by atoms with Crippen molar-refractivity contribution in [1.82, 2.24) is 5.32 Å². The molecule has 0 aromatic heterocycles. The molecule has 1 saturated carbocycles. The molecule has 1 aromatic rings. The fourth-order valence-electron chi connectivity index (χ4n) is 1.90. The van der Waals surface area contributed by atoms with Gasteiger partial charge >= 0.3 is 6.55 Å². The highest BCUT2D eigenvalue weighted by Crippen LogP contribution is 2.40. The van der Waals surface area contributed by atoms with Gasteiger partial charge in [0.2, 0.25) is 0 Å². The molecular weight excluding hydrogens is 266 g/mol. The van der Waals surface area contributed by atoms with E-state index < -0.39 is 18.5 Å². The number of hydrogen-bond donors (Lipinski definition) is 1. The molecule has 6 heteroatoms. The van der Waals surface area contributed by atoms with Gasteiger partial charge in [-0.2, -0.15) is 13.8 Å². The van der Waals surface area contributed by atoms with Gasteiger partial charge in [0.05, 0.1) is 0 Å². The van der Waals surface area contributed by atoms with E-state index in [2.05, 4.69) is 10.3 Å². The van der Waals surface area contributed by atoms with E-state index in [1.54, 1.807) is 30.3 Å². The van der Waals surface area contributed by atoms with Gasteiger partial charge in [-0.1, -0.05) is 32.0 Å². The Hall–Kier alpha value is -1.98. The first-order valence-corrected chi connectivity index (χ1v) is 6.38. The minimum absolute atomic E-state index is 0.177. The molecule has 4 nitrogen and oxygen atoms in total. The fraction of sp³-hybridized carbons (Fsp3) is 0.429. The van der Waals surface area contributed by atoms with Crippen molar-refractivity contribution in [1.29, 1.82) is 0 Å². The molecule has 2 rings (SSSR count). The lowest BCUT2D eigenvalue weighted by atomic mass is 10.2. The number of aliphatic imine (C=N–C) groups is 1. The van der Waals surface area contributed by atoms with Crippen LogP contribution in [0.15, 0.2) is 35.3 Å². The summed E-state index contributed by atoms with van der Waals surface area (Å²) in [6, 6.07) is 7.87. The van der Waals surface area contributed by atoms with E-state index in [1.165, 1.54) is 0 Å². The number of amidine groups is 1. The predicted molar refractivity (Wildman–Crippen MR) is 70.5 cm³/mol. The molecule has 108 valence electrons. The number of rotatable bonds is 3. The quantitative estimate of drug-likeness (QED) is 0.526. The van der Waals surface area contributed by atoms with Crippen LogP contribution in [0, 0.1) is 11.8 Å². The number of carbonyl (C=O) groups excluding carboxylic acids is 1. The lowest BCUT2D eigenvalue weighted by molar-refractivity contribution is 0.0958. The van der Waals surface area contributed by atoms with E-state index in [9.17, 15) is 13.6 Å². The van der Waals surface area contributed by atoms with Gasteiger partial charge in [-0.3, -0.25) is 10.1 Å². The maximum absolute atomic E-state index is 12.4. The third-order valence-corrected chi connectivity index (χ3v) is 3.44. The van der Waals surface area contributed by atoms with Crippen LogP contribution in [-0.2, 0) is 4.74 Å². The highest BCUT2D eigenvalue weighted by atomic mass is 19.3. The van der Waals surface area contributed by atoms with Crippen LogP contribution in [0.5, 0.6) is 0 Å². The topological polar surface area (TPSA) is 50.7 Å². The Kier molecular flexibility index (Phi) is 4.32. The van der Waals surface area contributed by atoms with E-state index >= 15 is 0 Å². The Morgan fingerprint density at radius 3 is 2.35 bits per heavy atom. The van der Waals surface area contributed by atoms with Crippen molar-refractivity contribution in [3.8, 4) is 0 Å². The third-order valence-electron chi connectivity index (χ3n) is 3.44. The number of carbonyl (C=O) groups is 1. The number of hydrogen-bond acceptors (Lipinski definition) is 3. The molecular formula is C14H16F2N2O2. The molecule has 0 saturated heterocycles. The van der Waals surface area contributed by atoms with Gasteiger partial charge in [0.25, 0.3) is 11.9 Å². The maximum atomic E-state index is 12.4. The number of halogens is 2. The molecule has 1 aliphatic carbocycles. The van der Waals surface area contributed by atoms with E-state index in [-0.39, 0.29) is 17.9 Å². The van der Waals surface area contributed by atoms with Gasteiger partial charge in [0, 0.05) is 5.56 Å².